The molecule has 0 aliphatic heterocycles. The molecule has 5 heteroatoms. The van der Waals surface area contributed by atoms with Crippen LogP contribution in [0.4, 0.5) is 0 Å². The van der Waals surface area contributed by atoms with Gasteiger partial charge in [-0.2, -0.15) is 0 Å². The van der Waals surface area contributed by atoms with Gasteiger partial charge in [0.1, 0.15) is 0 Å². The number of aliphatic hydroxyl groups is 3. The minimum atomic E-state index is -0.740. The van der Waals surface area contributed by atoms with E-state index in [9.17, 15) is 20.1 Å². The summed E-state index contributed by atoms with van der Waals surface area (Å²) in [6.07, 6.45) is 29.0. The van der Waals surface area contributed by atoms with Crippen LogP contribution in [0, 0.1) is 0 Å². The molecule has 0 heterocycles. The molecule has 0 rings (SSSR count). The Balaban J connectivity index is 3.70. The molecule has 0 aliphatic rings. The van der Waals surface area contributed by atoms with Gasteiger partial charge in [0, 0.05) is 0 Å². The summed E-state index contributed by atoms with van der Waals surface area (Å²) in [5.41, 5.74) is 0. The van der Waals surface area contributed by atoms with Gasteiger partial charge in [-0.15, -0.1) is 0 Å². The van der Waals surface area contributed by atoms with E-state index in [4.69, 9.17) is 0 Å². The van der Waals surface area contributed by atoms with Gasteiger partial charge in [-0.1, -0.05) is 162 Å². The van der Waals surface area contributed by atoms with Crippen LogP contribution < -0.4 is 5.32 Å². The standard InChI is InChI=1S/C33H67NO4/c1-3-5-7-9-11-13-15-17-19-21-23-25-27-32(37)31(29-35)34-33(38)28-30(36)26-24-22-20-18-16-14-12-10-8-6-4-2/h30-32,35-37H,3-29H2,1-2H3,(H,34,38). The predicted octanol–water partition coefficient (Wildman–Crippen LogP) is 8.37. The summed E-state index contributed by atoms with van der Waals surface area (Å²) in [5, 5.41) is 33.0. The molecule has 5 nitrogen and oxygen atoms in total. The van der Waals surface area contributed by atoms with E-state index in [1.807, 2.05) is 0 Å². The van der Waals surface area contributed by atoms with Crippen molar-refractivity contribution in [2.45, 2.75) is 199 Å². The van der Waals surface area contributed by atoms with E-state index >= 15 is 0 Å². The van der Waals surface area contributed by atoms with Crippen molar-refractivity contribution in [3.63, 3.8) is 0 Å². The van der Waals surface area contributed by atoms with Crippen LogP contribution in [0.3, 0.4) is 0 Å². The lowest BCUT2D eigenvalue weighted by Gasteiger charge is -2.23. The molecule has 0 spiro atoms. The highest BCUT2D eigenvalue weighted by Crippen LogP contribution is 2.15. The molecule has 0 aromatic carbocycles. The molecule has 228 valence electrons. The number of hydrogen-bond donors (Lipinski definition) is 4. The Morgan fingerprint density at radius 2 is 0.895 bits per heavy atom. The number of rotatable bonds is 30. The van der Waals surface area contributed by atoms with Crippen molar-refractivity contribution in [1.82, 2.24) is 5.32 Å². The van der Waals surface area contributed by atoms with E-state index in [0.29, 0.717) is 12.8 Å². The molecule has 0 saturated carbocycles. The van der Waals surface area contributed by atoms with Gasteiger partial charge >= 0.3 is 0 Å². The van der Waals surface area contributed by atoms with Gasteiger partial charge in [0.15, 0.2) is 0 Å². The second-order valence-electron chi connectivity index (χ2n) is 11.8. The molecule has 3 unspecified atom stereocenters. The summed E-state index contributed by atoms with van der Waals surface area (Å²) >= 11 is 0. The first-order valence-electron chi connectivity index (χ1n) is 16.8. The maximum absolute atomic E-state index is 12.3. The maximum atomic E-state index is 12.3. The van der Waals surface area contributed by atoms with Crippen molar-refractivity contribution < 1.29 is 20.1 Å². The van der Waals surface area contributed by atoms with E-state index < -0.39 is 18.2 Å². The third-order valence-electron chi connectivity index (χ3n) is 7.92. The minimum Gasteiger partial charge on any atom is -0.394 e. The molecule has 3 atom stereocenters. The second-order valence-corrected chi connectivity index (χ2v) is 11.8. The summed E-state index contributed by atoms with van der Waals surface area (Å²) in [5.74, 6) is -0.284. The van der Waals surface area contributed by atoms with E-state index in [1.165, 1.54) is 122 Å². The van der Waals surface area contributed by atoms with Gasteiger partial charge in [-0.25, -0.2) is 0 Å². The van der Waals surface area contributed by atoms with Crippen LogP contribution in [0.2, 0.25) is 0 Å². The summed E-state index contributed by atoms with van der Waals surface area (Å²) in [6, 6.07) is -0.649. The lowest BCUT2D eigenvalue weighted by molar-refractivity contribution is -0.125. The fourth-order valence-electron chi connectivity index (χ4n) is 5.29. The Hall–Kier alpha value is -0.650. The predicted molar refractivity (Wildman–Crippen MR) is 162 cm³/mol. The average molecular weight is 542 g/mol. The molecule has 0 aromatic rings. The van der Waals surface area contributed by atoms with Gasteiger partial charge in [-0.3, -0.25) is 4.79 Å². The topological polar surface area (TPSA) is 89.8 Å². The van der Waals surface area contributed by atoms with E-state index in [0.717, 1.165) is 25.7 Å². The van der Waals surface area contributed by atoms with Crippen molar-refractivity contribution in [3.05, 3.63) is 0 Å². The zero-order valence-corrected chi connectivity index (χ0v) is 25.6. The van der Waals surface area contributed by atoms with Crippen molar-refractivity contribution in [2.24, 2.45) is 0 Å². The first kappa shape index (κ1) is 37.4. The Labute approximate surface area is 237 Å². The van der Waals surface area contributed by atoms with E-state index in [1.54, 1.807) is 0 Å². The van der Waals surface area contributed by atoms with Crippen LogP contribution in [0.15, 0.2) is 0 Å². The number of unbranched alkanes of at least 4 members (excludes halogenated alkanes) is 21. The second kappa shape index (κ2) is 29.3. The number of carbonyl (C=O) groups is 1. The monoisotopic (exact) mass is 542 g/mol. The number of hydrogen-bond acceptors (Lipinski definition) is 4. The lowest BCUT2D eigenvalue weighted by Crippen LogP contribution is -2.46. The SMILES string of the molecule is CCCCCCCCCCCCCCC(O)C(CO)NC(=O)CC(O)CCCCCCCCCCCCC. The summed E-state index contributed by atoms with van der Waals surface area (Å²) in [7, 11) is 0. The third kappa shape index (κ3) is 25.6. The van der Waals surface area contributed by atoms with Gasteiger partial charge < -0.3 is 20.6 Å². The van der Waals surface area contributed by atoms with Gasteiger partial charge in [-0.05, 0) is 12.8 Å². The van der Waals surface area contributed by atoms with Crippen LogP contribution in [0.5, 0.6) is 0 Å². The third-order valence-corrected chi connectivity index (χ3v) is 7.92. The van der Waals surface area contributed by atoms with Crippen molar-refractivity contribution in [1.29, 1.82) is 0 Å². The number of nitrogens with one attached hydrogen (secondary N) is 1. The largest absolute Gasteiger partial charge is 0.394 e. The first-order valence-corrected chi connectivity index (χ1v) is 16.8. The lowest BCUT2D eigenvalue weighted by atomic mass is 10.0. The van der Waals surface area contributed by atoms with Crippen LogP contribution in [0.25, 0.3) is 0 Å². The molecule has 1 amide bonds. The van der Waals surface area contributed by atoms with E-state index in [2.05, 4.69) is 19.2 Å². The summed E-state index contributed by atoms with van der Waals surface area (Å²) in [4.78, 5) is 12.3. The van der Waals surface area contributed by atoms with Crippen LogP contribution in [0.1, 0.15) is 181 Å². The van der Waals surface area contributed by atoms with Crippen molar-refractivity contribution >= 4 is 5.91 Å². The molecule has 0 aliphatic carbocycles. The zero-order chi connectivity index (χ0) is 28.1. The fraction of sp³-hybridized carbons (Fsp3) is 0.970. The number of carbonyl (C=O) groups excluding carboxylic acids is 1. The van der Waals surface area contributed by atoms with Gasteiger partial charge in [0.25, 0.3) is 0 Å². The molecular weight excluding hydrogens is 474 g/mol. The number of amides is 1. The van der Waals surface area contributed by atoms with Crippen molar-refractivity contribution in [3.8, 4) is 0 Å². The first-order chi connectivity index (χ1) is 18.5. The van der Waals surface area contributed by atoms with Crippen LogP contribution in [-0.2, 0) is 4.79 Å². The summed E-state index contributed by atoms with van der Waals surface area (Å²) in [6.45, 7) is 4.23. The molecule has 4 N–H and O–H groups in total. The van der Waals surface area contributed by atoms with Crippen LogP contribution in [-0.4, -0.2) is 46.1 Å². The minimum absolute atomic E-state index is 0.0413. The molecule has 0 fully saturated rings. The molecule has 0 aromatic heterocycles. The quantitative estimate of drug-likeness (QED) is 0.0688. The molecule has 0 radical (unpaired) electrons. The Bertz CT molecular complexity index is 488. The Morgan fingerprint density at radius 1 is 0.553 bits per heavy atom. The molecule has 0 bridgehead atoms. The van der Waals surface area contributed by atoms with Gasteiger partial charge in [0.05, 0.1) is 31.3 Å². The van der Waals surface area contributed by atoms with Gasteiger partial charge in [0.2, 0.25) is 5.91 Å². The van der Waals surface area contributed by atoms with E-state index in [-0.39, 0.29) is 18.9 Å². The Morgan fingerprint density at radius 3 is 1.26 bits per heavy atom. The molecular formula is C33H67NO4. The van der Waals surface area contributed by atoms with Crippen LogP contribution >= 0.6 is 0 Å². The highest BCUT2D eigenvalue weighted by atomic mass is 16.3. The highest BCUT2D eigenvalue weighted by molar-refractivity contribution is 5.76. The van der Waals surface area contributed by atoms with Crippen molar-refractivity contribution in [2.75, 3.05) is 6.61 Å². The summed E-state index contributed by atoms with van der Waals surface area (Å²) < 4.78 is 0. The fourth-order valence-corrected chi connectivity index (χ4v) is 5.29. The Kier molecular flexibility index (Phi) is 28.8. The zero-order valence-electron chi connectivity index (χ0n) is 25.6. The number of aliphatic hydroxyl groups excluding tert-OH is 3. The average Bonchev–Trinajstić information content (AvgIpc) is 2.90. The normalized spacial score (nSPS) is 13.9. The molecule has 0 saturated heterocycles. The highest BCUT2D eigenvalue weighted by Gasteiger charge is 2.21. The maximum Gasteiger partial charge on any atom is 0.222 e. The smallest absolute Gasteiger partial charge is 0.222 e. The molecule has 38 heavy (non-hydrogen) atoms.